The van der Waals surface area contributed by atoms with Gasteiger partial charge >= 0.3 is 71.7 Å². The van der Waals surface area contributed by atoms with Gasteiger partial charge in [-0.1, -0.05) is 0 Å². The maximum atomic E-state index is 12.7. The normalized spacial score (nSPS) is 9.09. The van der Waals surface area contributed by atoms with E-state index in [9.17, 15) is 4.39 Å². The van der Waals surface area contributed by atoms with Gasteiger partial charge in [0.25, 0.3) is 0 Å². The fraction of sp³-hybridized carbons (Fsp3) is 0.143. The summed E-state index contributed by atoms with van der Waals surface area (Å²) in [5.41, 5.74) is 6.15. The van der Waals surface area contributed by atoms with E-state index in [1.54, 1.807) is 6.07 Å². The monoisotopic (exact) mass is 227 g/mol. The van der Waals surface area contributed by atoms with Crippen molar-refractivity contribution < 1.29 is 21.4 Å². The second-order valence-electron chi connectivity index (χ2n) is 2.13. The van der Waals surface area contributed by atoms with Crippen LogP contribution in [0.15, 0.2) is 18.2 Å². The van der Waals surface area contributed by atoms with Crippen molar-refractivity contribution in [1.29, 1.82) is 0 Å². The molecule has 0 aromatic heterocycles. The number of benzene rings is 1. The van der Waals surface area contributed by atoms with E-state index in [0.717, 1.165) is 5.56 Å². The minimum absolute atomic E-state index is 0. The second-order valence-corrected chi connectivity index (χ2v) is 2.89. The van der Waals surface area contributed by atoms with Crippen LogP contribution in [0, 0.1) is 5.82 Å². The molecule has 1 aromatic carbocycles. The molecular formula is C7H7BrFMgN. The van der Waals surface area contributed by atoms with Crippen LogP contribution in [0.1, 0.15) is 5.56 Å². The molecule has 0 bridgehead atoms. The van der Waals surface area contributed by atoms with E-state index in [1.165, 1.54) is 27.8 Å². The molecule has 2 N–H and O–H groups in total. The Morgan fingerprint density at radius 1 is 1.45 bits per heavy atom. The summed E-state index contributed by atoms with van der Waals surface area (Å²) in [5.74, 6) is -0.165. The van der Waals surface area contributed by atoms with E-state index in [1.807, 2.05) is 6.07 Å². The summed E-state index contributed by atoms with van der Waals surface area (Å²) in [6.45, 7) is 0.403. The van der Waals surface area contributed by atoms with Crippen molar-refractivity contribution in [2.45, 2.75) is 6.54 Å². The number of hydrogen-bond donors (Lipinski definition) is 1. The largest absolute Gasteiger partial charge is 1.00 e. The molecule has 0 aliphatic heterocycles. The summed E-state index contributed by atoms with van der Waals surface area (Å²) in [7, 11) is 0. The third-order valence-corrected chi connectivity index (χ3v) is 1.93. The first-order valence-electron chi connectivity index (χ1n) is 3.04. The molecule has 4 heteroatoms. The zero-order chi connectivity index (χ0) is 7.56. The second kappa shape index (κ2) is 5.08. The molecule has 0 atom stereocenters. The van der Waals surface area contributed by atoms with Gasteiger partial charge in [0.15, 0.2) is 0 Å². The molecule has 0 heterocycles. The van der Waals surface area contributed by atoms with E-state index < -0.39 is 0 Å². The van der Waals surface area contributed by atoms with Gasteiger partial charge in [-0.3, -0.25) is 0 Å². The van der Waals surface area contributed by atoms with Crippen LogP contribution in [0.4, 0.5) is 4.39 Å². The Hall–Kier alpha value is 0.356. The first-order chi connectivity index (χ1) is 4.74. The van der Waals surface area contributed by atoms with Gasteiger partial charge in [-0.05, 0) is 0 Å². The summed E-state index contributed by atoms with van der Waals surface area (Å²) in [6.07, 6.45) is 0. The van der Waals surface area contributed by atoms with Gasteiger partial charge in [0.1, 0.15) is 0 Å². The maximum Gasteiger partial charge on any atom is -1.00 e. The molecule has 0 aliphatic rings. The van der Waals surface area contributed by atoms with Gasteiger partial charge < -0.3 is 17.0 Å². The van der Waals surface area contributed by atoms with Crippen LogP contribution in [0.2, 0.25) is 0 Å². The third-order valence-electron chi connectivity index (χ3n) is 1.35. The topological polar surface area (TPSA) is 26.0 Å². The Morgan fingerprint density at radius 2 is 2.09 bits per heavy atom. The van der Waals surface area contributed by atoms with Gasteiger partial charge in [0, 0.05) is 0 Å². The van der Waals surface area contributed by atoms with Crippen molar-refractivity contribution in [2.75, 3.05) is 0 Å². The number of hydrogen-bond acceptors (Lipinski definition) is 1. The van der Waals surface area contributed by atoms with Gasteiger partial charge in [0.05, 0.1) is 0 Å². The van der Waals surface area contributed by atoms with E-state index >= 15 is 0 Å². The van der Waals surface area contributed by atoms with Gasteiger partial charge in [-0.2, -0.15) is 0 Å². The Morgan fingerprint density at radius 3 is 2.55 bits per heavy atom. The van der Waals surface area contributed by atoms with Crippen molar-refractivity contribution in [2.24, 2.45) is 5.73 Å². The molecule has 56 valence electrons. The quantitative estimate of drug-likeness (QED) is 0.512. The minimum Gasteiger partial charge on any atom is -1.00 e. The Balaban J connectivity index is 0.000001000. The van der Waals surface area contributed by atoms with Gasteiger partial charge in [0.2, 0.25) is 0 Å². The van der Waals surface area contributed by atoms with E-state index in [4.69, 9.17) is 5.73 Å². The van der Waals surface area contributed by atoms with Crippen LogP contribution in [0.25, 0.3) is 0 Å². The zero-order valence-electron chi connectivity index (χ0n) is 5.98. The predicted molar refractivity (Wildman–Crippen MR) is 39.7 cm³/mol. The molecule has 1 rings (SSSR count). The van der Waals surface area contributed by atoms with Crippen molar-refractivity contribution in [1.82, 2.24) is 0 Å². The van der Waals surface area contributed by atoms with Crippen LogP contribution in [-0.2, 0) is 6.54 Å². The van der Waals surface area contributed by atoms with Gasteiger partial charge in [-0.25, -0.2) is 0 Å². The van der Waals surface area contributed by atoms with Crippen LogP contribution in [0.3, 0.4) is 0 Å². The number of halogens is 2. The Labute approximate surface area is 88.4 Å². The SMILES string of the molecule is NCc1cc[c]([Mg+])c(F)c1.[Br-]. The van der Waals surface area contributed by atoms with E-state index in [-0.39, 0.29) is 22.8 Å². The summed E-state index contributed by atoms with van der Waals surface area (Å²) in [4.78, 5) is 0. The van der Waals surface area contributed by atoms with Gasteiger partial charge in [-0.15, -0.1) is 0 Å². The third kappa shape index (κ3) is 3.07. The van der Waals surface area contributed by atoms with Crippen molar-refractivity contribution >= 4 is 25.4 Å². The maximum absolute atomic E-state index is 12.7. The molecule has 1 aromatic rings. The Bertz CT molecular complexity index is 242. The predicted octanol–water partition coefficient (Wildman–Crippen LogP) is -2.92. The van der Waals surface area contributed by atoms with Crippen molar-refractivity contribution in [3.8, 4) is 0 Å². The van der Waals surface area contributed by atoms with Crippen LogP contribution in [0.5, 0.6) is 0 Å². The van der Waals surface area contributed by atoms with Crippen molar-refractivity contribution in [3.63, 3.8) is 0 Å². The molecule has 0 saturated heterocycles. The van der Waals surface area contributed by atoms with E-state index in [2.05, 4.69) is 0 Å². The summed E-state index contributed by atoms with van der Waals surface area (Å²) in [5, 5.41) is 0. The smallest absolute Gasteiger partial charge is 1.00 e. The molecule has 1 nitrogen and oxygen atoms in total. The van der Waals surface area contributed by atoms with Crippen LogP contribution < -0.4 is 26.4 Å². The standard InChI is InChI=1S/C7H7FN.BrH.Mg/c8-7-3-1-2-6(4-7)5-9;;/h1-2,4H,5,9H2;1H;/q;;+1/p-1. The fourth-order valence-electron chi connectivity index (χ4n) is 0.718. The zero-order valence-corrected chi connectivity index (χ0v) is 8.98. The Kier molecular flexibility index (Phi) is 5.25. The first kappa shape index (κ1) is 11.4. The molecule has 0 unspecified atom stereocenters. The minimum atomic E-state index is -0.165. The summed E-state index contributed by atoms with van der Waals surface area (Å²) < 4.78 is 13.4. The molecule has 0 amide bonds. The summed E-state index contributed by atoms with van der Waals surface area (Å²) >= 11 is 1.54. The average molecular weight is 228 g/mol. The molecule has 0 radical (unpaired) electrons. The molecule has 11 heavy (non-hydrogen) atoms. The molecular weight excluding hydrogens is 221 g/mol. The fourth-order valence-corrected chi connectivity index (χ4v) is 0.938. The number of nitrogens with two attached hydrogens (primary N) is 1. The molecule has 0 fully saturated rings. The average Bonchev–Trinajstić information content (AvgIpc) is 1.95. The molecule has 0 saturated carbocycles. The van der Waals surface area contributed by atoms with Crippen molar-refractivity contribution in [3.05, 3.63) is 29.6 Å². The van der Waals surface area contributed by atoms with E-state index in [0.29, 0.717) is 10.2 Å². The first-order valence-corrected chi connectivity index (χ1v) is 3.75. The number of rotatable bonds is 1. The van der Waals surface area contributed by atoms with Crippen LogP contribution in [-0.4, -0.2) is 21.7 Å². The molecule has 0 aliphatic carbocycles. The summed E-state index contributed by atoms with van der Waals surface area (Å²) in [6, 6.07) is 5.06. The van der Waals surface area contributed by atoms with Crippen LogP contribution >= 0.6 is 0 Å². The molecule has 0 spiro atoms.